The van der Waals surface area contributed by atoms with Gasteiger partial charge in [0.1, 0.15) is 30.0 Å². The fraction of sp³-hybridized carbons (Fsp3) is 0.407. The molecule has 2 aromatic carbocycles. The molecule has 0 aromatic heterocycles. The van der Waals surface area contributed by atoms with Crippen LogP contribution in [0, 0.1) is 0 Å². The predicted octanol–water partition coefficient (Wildman–Crippen LogP) is 3.19. The van der Waals surface area contributed by atoms with E-state index in [-0.39, 0.29) is 30.8 Å². The summed E-state index contributed by atoms with van der Waals surface area (Å²) in [5, 5.41) is 11.1. The molecule has 1 aliphatic rings. The first-order chi connectivity index (χ1) is 17.8. The van der Waals surface area contributed by atoms with Crippen LogP contribution in [0.1, 0.15) is 47.4 Å². The van der Waals surface area contributed by atoms with Crippen LogP contribution >= 0.6 is 11.8 Å². The van der Waals surface area contributed by atoms with Crippen LogP contribution in [0.5, 0.6) is 0 Å². The highest BCUT2D eigenvalue weighted by Gasteiger charge is 2.50. The zero-order valence-corrected chi connectivity index (χ0v) is 21.4. The van der Waals surface area contributed by atoms with Gasteiger partial charge in [0.2, 0.25) is 0 Å². The van der Waals surface area contributed by atoms with Crippen molar-refractivity contribution >= 4 is 35.5 Å². The molecule has 0 aliphatic carbocycles. The Morgan fingerprint density at radius 2 is 1.46 bits per heavy atom. The van der Waals surface area contributed by atoms with Crippen molar-refractivity contribution in [1.82, 2.24) is 0 Å². The molecule has 3 rings (SSSR count). The topological polar surface area (TPSA) is 125 Å². The standard InChI is InChI=1S/C27H30O9S/c1-3-37-27-24(35-21(29)15-14-17(2)28)23(36-26(32)19-12-8-5-9-13-19)22(30)20(34-27)16-33-25(31)18-10-6-4-7-11-18/h4-13,20,22-24,27,30H,3,14-16H2,1-2H3/t20-,22+,23+,24-,27+/m1/s1. The van der Waals surface area contributed by atoms with Crippen molar-refractivity contribution in [2.75, 3.05) is 12.4 Å². The van der Waals surface area contributed by atoms with E-state index in [9.17, 15) is 24.3 Å². The molecule has 0 bridgehead atoms. The van der Waals surface area contributed by atoms with Gasteiger partial charge in [0, 0.05) is 6.42 Å². The third-order valence-electron chi connectivity index (χ3n) is 5.54. The van der Waals surface area contributed by atoms with Crippen molar-refractivity contribution in [3.8, 4) is 0 Å². The first kappa shape index (κ1) is 28.4. The summed E-state index contributed by atoms with van der Waals surface area (Å²) in [6.07, 6.45) is -5.18. The molecular weight excluding hydrogens is 500 g/mol. The van der Waals surface area contributed by atoms with Crippen LogP contribution in [0.15, 0.2) is 60.7 Å². The molecule has 2 aromatic rings. The van der Waals surface area contributed by atoms with E-state index in [0.717, 1.165) is 0 Å². The first-order valence-electron chi connectivity index (χ1n) is 11.9. The second-order valence-electron chi connectivity index (χ2n) is 8.35. The summed E-state index contributed by atoms with van der Waals surface area (Å²) in [4.78, 5) is 49.1. The third kappa shape index (κ3) is 8.14. The number of Topliss-reactive ketones (excluding diaryl/α,β-unsaturated/α-hetero) is 1. The highest BCUT2D eigenvalue weighted by atomic mass is 32.2. The number of aliphatic hydroxyl groups excluding tert-OH is 1. The number of rotatable bonds is 11. The fourth-order valence-corrected chi connectivity index (χ4v) is 4.61. The van der Waals surface area contributed by atoms with Crippen LogP contribution in [0.4, 0.5) is 0 Å². The number of carbonyl (C=O) groups is 4. The molecule has 0 unspecified atom stereocenters. The Morgan fingerprint density at radius 1 is 0.865 bits per heavy atom. The molecule has 0 amide bonds. The molecule has 37 heavy (non-hydrogen) atoms. The lowest BCUT2D eigenvalue weighted by Crippen LogP contribution is -2.60. The molecule has 0 radical (unpaired) electrons. The van der Waals surface area contributed by atoms with Gasteiger partial charge in [-0.1, -0.05) is 43.3 Å². The fourth-order valence-electron chi connectivity index (χ4n) is 3.66. The Morgan fingerprint density at radius 3 is 2.03 bits per heavy atom. The highest BCUT2D eigenvalue weighted by Crippen LogP contribution is 2.33. The zero-order valence-electron chi connectivity index (χ0n) is 20.6. The van der Waals surface area contributed by atoms with Crippen LogP contribution in [-0.2, 0) is 28.5 Å². The van der Waals surface area contributed by atoms with Gasteiger partial charge in [0.05, 0.1) is 17.5 Å². The van der Waals surface area contributed by atoms with E-state index in [4.69, 9.17) is 18.9 Å². The Balaban J connectivity index is 1.81. The molecule has 0 spiro atoms. The van der Waals surface area contributed by atoms with E-state index in [2.05, 4.69) is 0 Å². The lowest BCUT2D eigenvalue weighted by molar-refractivity contribution is -0.219. The molecule has 9 nitrogen and oxygen atoms in total. The van der Waals surface area contributed by atoms with Crippen LogP contribution in [0.25, 0.3) is 0 Å². The van der Waals surface area contributed by atoms with Crippen molar-refractivity contribution in [2.24, 2.45) is 0 Å². The smallest absolute Gasteiger partial charge is 0.338 e. The van der Waals surface area contributed by atoms with Crippen LogP contribution in [-0.4, -0.2) is 71.0 Å². The van der Waals surface area contributed by atoms with Crippen molar-refractivity contribution in [2.45, 2.75) is 56.5 Å². The van der Waals surface area contributed by atoms with Crippen LogP contribution < -0.4 is 0 Å². The van der Waals surface area contributed by atoms with E-state index >= 15 is 0 Å². The number of ketones is 1. The molecule has 1 N–H and O–H groups in total. The molecule has 1 aliphatic heterocycles. The van der Waals surface area contributed by atoms with Gasteiger partial charge in [0.15, 0.2) is 12.2 Å². The summed E-state index contributed by atoms with van der Waals surface area (Å²) in [6.45, 7) is 2.91. The van der Waals surface area contributed by atoms with Gasteiger partial charge in [-0.25, -0.2) is 9.59 Å². The molecular formula is C27H30O9S. The third-order valence-corrected chi connectivity index (χ3v) is 6.58. The number of aliphatic hydroxyl groups is 1. The second kappa shape index (κ2) is 13.9. The highest BCUT2D eigenvalue weighted by molar-refractivity contribution is 7.99. The number of hydrogen-bond donors (Lipinski definition) is 1. The number of ether oxygens (including phenoxy) is 4. The number of hydrogen-bond acceptors (Lipinski definition) is 10. The van der Waals surface area contributed by atoms with Crippen molar-refractivity contribution in [3.63, 3.8) is 0 Å². The monoisotopic (exact) mass is 530 g/mol. The van der Waals surface area contributed by atoms with Crippen molar-refractivity contribution < 1.29 is 43.2 Å². The SMILES string of the molecule is CCS[C@@H]1O[C@H](COC(=O)c2ccccc2)[C@H](O)[C@H](OC(=O)c2ccccc2)[C@H]1OC(=O)CCC(C)=O. The Hall–Kier alpha value is -3.21. The minimum absolute atomic E-state index is 0.00686. The molecule has 1 fully saturated rings. The predicted molar refractivity (Wildman–Crippen MR) is 135 cm³/mol. The molecule has 0 saturated carbocycles. The molecule has 198 valence electrons. The van der Waals surface area contributed by atoms with E-state index in [1.807, 2.05) is 6.92 Å². The molecule has 1 heterocycles. The van der Waals surface area contributed by atoms with Crippen molar-refractivity contribution in [1.29, 1.82) is 0 Å². The van der Waals surface area contributed by atoms with Gasteiger partial charge in [0.25, 0.3) is 0 Å². The first-order valence-corrected chi connectivity index (χ1v) is 13.0. The van der Waals surface area contributed by atoms with Gasteiger partial charge in [-0.05, 0) is 36.9 Å². The largest absolute Gasteiger partial charge is 0.459 e. The number of benzene rings is 2. The lowest BCUT2D eigenvalue weighted by atomic mass is 9.99. The summed E-state index contributed by atoms with van der Waals surface area (Å²) in [6, 6.07) is 16.5. The summed E-state index contributed by atoms with van der Waals surface area (Å²) in [5.74, 6) is -1.64. The molecule has 1 saturated heterocycles. The second-order valence-corrected chi connectivity index (χ2v) is 9.72. The van der Waals surface area contributed by atoms with Crippen LogP contribution in [0.3, 0.4) is 0 Å². The normalized spacial score (nSPS) is 23.1. The minimum atomic E-state index is -1.48. The Kier molecular flexibility index (Phi) is 10.7. The summed E-state index contributed by atoms with van der Waals surface area (Å²) in [5.41, 5.74) is -0.255. The average molecular weight is 531 g/mol. The van der Waals surface area contributed by atoms with E-state index in [0.29, 0.717) is 11.3 Å². The van der Waals surface area contributed by atoms with Crippen LogP contribution in [0.2, 0.25) is 0 Å². The quantitative estimate of drug-likeness (QED) is 0.342. The minimum Gasteiger partial charge on any atom is -0.459 e. The Labute approximate surface area is 219 Å². The zero-order chi connectivity index (χ0) is 26.8. The van der Waals surface area contributed by atoms with E-state index < -0.39 is 47.8 Å². The van der Waals surface area contributed by atoms with Gasteiger partial charge < -0.3 is 28.8 Å². The summed E-state index contributed by atoms with van der Waals surface area (Å²) < 4.78 is 22.6. The maximum atomic E-state index is 12.9. The van der Waals surface area contributed by atoms with Gasteiger partial charge in [-0.15, -0.1) is 11.8 Å². The number of carbonyl (C=O) groups excluding carboxylic acids is 4. The molecule has 10 heteroatoms. The lowest BCUT2D eigenvalue weighted by Gasteiger charge is -2.43. The van der Waals surface area contributed by atoms with E-state index in [1.54, 1.807) is 60.7 Å². The van der Waals surface area contributed by atoms with Gasteiger partial charge in [-0.2, -0.15) is 0 Å². The maximum absolute atomic E-state index is 12.9. The summed E-state index contributed by atoms with van der Waals surface area (Å²) >= 11 is 1.28. The van der Waals surface area contributed by atoms with E-state index in [1.165, 1.54) is 18.7 Å². The Bertz CT molecular complexity index is 1060. The van der Waals surface area contributed by atoms with Crippen molar-refractivity contribution in [3.05, 3.63) is 71.8 Å². The average Bonchev–Trinajstić information content (AvgIpc) is 2.91. The molecule has 5 atom stereocenters. The number of thioether (sulfide) groups is 1. The number of esters is 3. The maximum Gasteiger partial charge on any atom is 0.338 e. The van der Waals surface area contributed by atoms with Gasteiger partial charge >= 0.3 is 17.9 Å². The van der Waals surface area contributed by atoms with Gasteiger partial charge in [-0.3, -0.25) is 4.79 Å². The summed E-state index contributed by atoms with van der Waals surface area (Å²) in [7, 11) is 0.